The van der Waals surface area contributed by atoms with Crippen LogP contribution < -0.4 is 5.32 Å². The second-order valence-corrected chi connectivity index (χ2v) is 2.95. The van der Waals surface area contributed by atoms with E-state index in [9.17, 15) is 0 Å². The highest BCUT2D eigenvalue weighted by molar-refractivity contribution is 4.88. The molecule has 0 saturated carbocycles. The molecule has 0 rings (SSSR count). The maximum absolute atomic E-state index is 3.86. The van der Waals surface area contributed by atoms with Crippen molar-refractivity contribution in [2.75, 3.05) is 6.54 Å². The number of hydrogen-bond donors (Lipinski definition) is 1. The molecule has 0 aromatic carbocycles. The summed E-state index contributed by atoms with van der Waals surface area (Å²) in [6, 6.07) is 0.640. The van der Waals surface area contributed by atoms with Crippen LogP contribution in [0.5, 0.6) is 0 Å². The highest BCUT2D eigenvalue weighted by atomic mass is 14.9. The van der Waals surface area contributed by atoms with Crippen molar-refractivity contribution in [3.63, 3.8) is 0 Å². The Morgan fingerprint density at radius 2 is 2.20 bits per heavy atom. The van der Waals surface area contributed by atoms with E-state index in [1.807, 2.05) is 0 Å². The van der Waals surface area contributed by atoms with Gasteiger partial charge in [0.2, 0.25) is 0 Å². The van der Waals surface area contributed by atoms with Crippen LogP contribution >= 0.6 is 0 Å². The standard InChI is InChI=1S/C9H19N/c1-5-10-9(4)7-6-8(2)3/h9-10H,2,5-7H2,1,3-4H3. The quantitative estimate of drug-likeness (QED) is 0.579. The van der Waals surface area contributed by atoms with Gasteiger partial charge < -0.3 is 5.32 Å². The van der Waals surface area contributed by atoms with Gasteiger partial charge in [-0.15, -0.1) is 6.58 Å². The summed E-state index contributed by atoms with van der Waals surface area (Å²) < 4.78 is 0. The molecule has 1 heteroatoms. The molecule has 0 bridgehead atoms. The van der Waals surface area contributed by atoms with E-state index in [4.69, 9.17) is 0 Å². The van der Waals surface area contributed by atoms with Crippen LogP contribution in [0.25, 0.3) is 0 Å². The highest BCUT2D eigenvalue weighted by Crippen LogP contribution is 2.03. The molecule has 0 heterocycles. The Labute approximate surface area is 64.5 Å². The first-order valence-electron chi connectivity index (χ1n) is 4.04. The molecule has 0 amide bonds. The zero-order chi connectivity index (χ0) is 7.98. The summed E-state index contributed by atoms with van der Waals surface area (Å²) in [5.41, 5.74) is 1.28. The van der Waals surface area contributed by atoms with E-state index in [0.717, 1.165) is 13.0 Å². The van der Waals surface area contributed by atoms with E-state index in [2.05, 4.69) is 32.7 Å². The van der Waals surface area contributed by atoms with Gasteiger partial charge in [-0.2, -0.15) is 0 Å². The molecule has 0 saturated heterocycles. The minimum Gasteiger partial charge on any atom is -0.315 e. The van der Waals surface area contributed by atoms with Gasteiger partial charge in [0.15, 0.2) is 0 Å². The normalized spacial score (nSPS) is 13.1. The molecular formula is C9H19N. The number of allylic oxidation sites excluding steroid dienone is 1. The van der Waals surface area contributed by atoms with Crippen molar-refractivity contribution < 1.29 is 0 Å². The van der Waals surface area contributed by atoms with E-state index >= 15 is 0 Å². The fourth-order valence-electron chi connectivity index (χ4n) is 0.913. The molecule has 1 unspecified atom stereocenters. The lowest BCUT2D eigenvalue weighted by Crippen LogP contribution is -2.25. The molecule has 0 aromatic rings. The molecule has 0 radical (unpaired) electrons. The molecule has 60 valence electrons. The van der Waals surface area contributed by atoms with Gasteiger partial charge >= 0.3 is 0 Å². The predicted octanol–water partition coefficient (Wildman–Crippen LogP) is 2.34. The number of rotatable bonds is 5. The van der Waals surface area contributed by atoms with Crippen LogP contribution in [-0.2, 0) is 0 Å². The van der Waals surface area contributed by atoms with Gasteiger partial charge in [0.25, 0.3) is 0 Å². The molecule has 0 fully saturated rings. The average Bonchev–Trinajstić information content (AvgIpc) is 1.85. The lowest BCUT2D eigenvalue weighted by molar-refractivity contribution is 0.530. The maximum Gasteiger partial charge on any atom is 0.00416 e. The molecule has 10 heavy (non-hydrogen) atoms. The maximum atomic E-state index is 3.86. The Kier molecular flexibility index (Phi) is 5.32. The summed E-state index contributed by atoms with van der Waals surface area (Å²) in [6.45, 7) is 11.4. The van der Waals surface area contributed by atoms with Crippen molar-refractivity contribution in [1.82, 2.24) is 5.32 Å². The molecule has 0 spiro atoms. The Morgan fingerprint density at radius 1 is 1.60 bits per heavy atom. The zero-order valence-electron chi connectivity index (χ0n) is 7.41. The minimum absolute atomic E-state index is 0.640. The summed E-state index contributed by atoms with van der Waals surface area (Å²) in [6.07, 6.45) is 2.36. The van der Waals surface area contributed by atoms with Crippen LogP contribution in [0.3, 0.4) is 0 Å². The summed E-state index contributed by atoms with van der Waals surface area (Å²) in [4.78, 5) is 0. The van der Waals surface area contributed by atoms with E-state index in [0.29, 0.717) is 6.04 Å². The molecular weight excluding hydrogens is 122 g/mol. The van der Waals surface area contributed by atoms with E-state index in [-0.39, 0.29) is 0 Å². The summed E-state index contributed by atoms with van der Waals surface area (Å²) in [7, 11) is 0. The van der Waals surface area contributed by atoms with Crippen molar-refractivity contribution in [2.24, 2.45) is 0 Å². The van der Waals surface area contributed by atoms with Crippen LogP contribution in [-0.4, -0.2) is 12.6 Å². The van der Waals surface area contributed by atoms with E-state index in [1.54, 1.807) is 0 Å². The van der Waals surface area contributed by atoms with Crippen molar-refractivity contribution in [1.29, 1.82) is 0 Å². The van der Waals surface area contributed by atoms with Crippen molar-refractivity contribution >= 4 is 0 Å². The third-order valence-electron chi connectivity index (χ3n) is 1.56. The first-order chi connectivity index (χ1) is 4.66. The van der Waals surface area contributed by atoms with Gasteiger partial charge in [-0.25, -0.2) is 0 Å². The molecule has 0 aliphatic carbocycles. The van der Waals surface area contributed by atoms with Crippen LogP contribution in [0, 0.1) is 0 Å². The zero-order valence-corrected chi connectivity index (χ0v) is 7.41. The first-order valence-corrected chi connectivity index (χ1v) is 4.04. The van der Waals surface area contributed by atoms with E-state index < -0.39 is 0 Å². The minimum atomic E-state index is 0.640. The lowest BCUT2D eigenvalue weighted by Gasteiger charge is -2.10. The van der Waals surface area contributed by atoms with Crippen molar-refractivity contribution in [2.45, 2.75) is 39.7 Å². The first kappa shape index (κ1) is 9.70. The largest absolute Gasteiger partial charge is 0.315 e. The summed E-state index contributed by atoms with van der Waals surface area (Å²) in [5.74, 6) is 0. The Hall–Kier alpha value is -0.300. The lowest BCUT2D eigenvalue weighted by atomic mass is 10.1. The van der Waals surface area contributed by atoms with Gasteiger partial charge in [-0.05, 0) is 33.2 Å². The van der Waals surface area contributed by atoms with Gasteiger partial charge in [-0.1, -0.05) is 12.5 Å². The highest BCUT2D eigenvalue weighted by Gasteiger charge is 1.97. The third-order valence-corrected chi connectivity index (χ3v) is 1.56. The van der Waals surface area contributed by atoms with Crippen LogP contribution in [0.4, 0.5) is 0 Å². The molecule has 0 aliphatic heterocycles. The molecule has 0 aliphatic rings. The second-order valence-electron chi connectivity index (χ2n) is 2.95. The van der Waals surface area contributed by atoms with Gasteiger partial charge in [0.1, 0.15) is 0 Å². The predicted molar refractivity (Wildman–Crippen MR) is 47.2 cm³/mol. The van der Waals surface area contributed by atoms with Gasteiger partial charge in [0.05, 0.1) is 0 Å². The van der Waals surface area contributed by atoms with Crippen molar-refractivity contribution in [3.8, 4) is 0 Å². The fourth-order valence-corrected chi connectivity index (χ4v) is 0.913. The monoisotopic (exact) mass is 141 g/mol. The Morgan fingerprint density at radius 3 is 2.60 bits per heavy atom. The smallest absolute Gasteiger partial charge is 0.00416 e. The molecule has 1 atom stereocenters. The molecule has 1 nitrogen and oxygen atoms in total. The van der Waals surface area contributed by atoms with Crippen molar-refractivity contribution in [3.05, 3.63) is 12.2 Å². The molecule has 0 aromatic heterocycles. The SMILES string of the molecule is C=C(C)CCC(C)NCC. The second kappa shape index (κ2) is 5.48. The van der Waals surface area contributed by atoms with Gasteiger partial charge in [0, 0.05) is 6.04 Å². The topological polar surface area (TPSA) is 12.0 Å². The van der Waals surface area contributed by atoms with Crippen LogP contribution in [0.15, 0.2) is 12.2 Å². The molecule has 1 N–H and O–H groups in total. The number of hydrogen-bond acceptors (Lipinski definition) is 1. The van der Waals surface area contributed by atoms with Crippen LogP contribution in [0.2, 0.25) is 0 Å². The Balaban J connectivity index is 3.21. The summed E-state index contributed by atoms with van der Waals surface area (Å²) >= 11 is 0. The fraction of sp³-hybridized carbons (Fsp3) is 0.778. The average molecular weight is 141 g/mol. The number of nitrogens with one attached hydrogen (secondary N) is 1. The van der Waals surface area contributed by atoms with E-state index in [1.165, 1.54) is 12.0 Å². The van der Waals surface area contributed by atoms with Gasteiger partial charge in [-0.3, -0.25) is 0 Å². The summed E-state index contributed by atoms with van der Waals surface area (Å²) in [5, 5.41) is 3.36. The Bertz CT molecular complexity index is 96.9. The van der Waals surface area contributed by atoms with Crippen LogP contribution in [0.1, 0.15) is 33.6 Å². The third kappa shape index (κ3) is 5.83.